The van der Waals surface area contributed by atoms with Crippen molar-refractivity contribution in [1.82, 2.24) is 5.32 Å². The highest BCUT2D eigenvalue weighted by molar-refractivity contribution is 5.70. The minimum absolute atomic E-state index is 0.0499. The molecule has 3 N–H and O–H groups in total. The lowest BCUT2D eigenvalue weighted by Gasteiger charge is -2.37. The van der Waals surface area contributed by atoms with Crippen LogP contribution in [0.1, 0.15) is 30.4 Å². The van der Waals surface area contributed by atoms with Gasteiger partial charge in [0.25, 0.3) is 0 Å². The number of nitrogens with zero attached hydrogens (tertiary/aromatic N) is 1. The van der Waals surface area contributed by atoms with Gasteiger partial charge in [0.2, 0.25) is 0 Å². The van der Waals surface area contributed by atoms with E-state index in [2.05, 4.69) is 23.2 Å². The van der Waals surface area contributed by atoms with E-state index in [1.807, 2.05) is 54.6 Å². The maximum absolute atomic E-state index is 9.38. The van der Waals surface area contributed by atoms with Gasteiger partial charge in [-0.1, -0.05) is 36.4 Å². The summed E-state index contributed by atoms with van der Waals surface area (Å²) < 4.78 is 11.6. The molecule has 3 aromatic carbocycles. The standard InChI is InChI=1S/C25H28N2O4/c1-17(19-6-5-7-21(14-19)30-2)26-15-22-16-27(23-8-3-4-9-24(23)31-22)20-12-10-18(11-13-20)25(28)29/h3-14,17,22,25-26,28-29H,15-16H2,1-2H3. The van der Waals surface area contributed by atoms with Crippen LogP contribution in [0, 0.1) is 0 Å². The van der Waals surface area contributed by atoms with Crippen molar-refractivity contribution in [3.63, 3.8) is 0 Å². The van der Waals surface area contributed by atoms with Gasteiger partial charge in [0, 0.05) is 23.8 Å². The third-order valence-electron chi connectivity index (χ3n) is 5.58. The lowest BCUT2D eigenvalue weighted by atomic mass is 10.1. The second-order valence-electron chi connectivity index (χ2n) is 7.69. The fourth-order valence-corrected chi connectivity index (χ4v) is 3.81. The molecule has 1 heterocycles. The van der Waals surface area contributed by atoms with Crippen molar-refractivity contribution in [3.05, 3.63) is 83.9 Å². The molecule has 0 aromatic heterocycles. The van der Waals surface area contributed by atoms with Crippen LogP contribution in [-0.2, 0) is 0 Å². The molecule has 0 amide bonds. The van der Waals surface area contributed by atoms with Crippen LogP contribution in [0.25, 0.3) is 0 Å². The summed E-state index contributed by atoms with van der Waals surface area (Å²) in [7, 11) is 1.67. The molecule has 1 aliphatic rings. The molecule has 2 unspecified atom stereocenters. The predicted molar refractivity (Wildman–Crippen MR) is 121 cm³/mol. The van der Waals surface area contributed by atoms with Crippen molar-refractivity contribution in [1.29, 1.82) is 0 Å². The molecule has 0 radical (unpaired) electrons. The highest BCUT2D eigenvalue weighted by atomic mass is 16.5. The van der Waals surface area contributed by atoms with Crippen LogP contribution in [-0.4, -0.2) is 36.5 Å². The molecule has 4 rings (SSSR count). The molecule has 0 aliphatic carbocycles. The number of hydrogen-bond donors (Lipinski definition) is 3. The second-order valence-corrected chi connectivity index (χ2v) is 7.69. The molecule has 2 atom stereocenters. The topological polar surface area (TPSA) is 74.2 Å². The predicted octanol–water partition coefficient (Wildman–Crippen LogP) is 3.93. The summed E-state index contributed by atoms with van der Waals surface area (Å²) in [6.07, 6.45) is -1.52. The first-order valence-electron chi connectivity index (χ1n) is 10.4. The largest absolute Gasteiger partial charge is 0.497 e. The number of rotatable bonds is 7. The van der Waals surface area contributed by atoms with E-state index >= 15 is 0 Å². The van der Waals surface area contributed by atoms with Gasteiger partial charge in [-0.15, -0.1) is 0 Å². The number of ether oxygens (including phenoxy) is 2. The second kappa shape index (κ2) is 9.39. The van der Waals surface area contributed by atoms with E-state index in [1.54, 1.807) is 19.2 Å². The zero-order valence-electron chi connectivity index (χ0n) is 17.7. The third kappa shape index (κ3) is 4.82. The summed E-state index contributed by atoms with van der Waals surface area (Å²) in [6, 6.07) is 23.4. The Kier molecular flexibility index (Phi) is 6.42. The van der Waals surface area contributed by atoms with Crippen molar-refractivity contribution >= 4 is 11.4 Å². The SMILES string of the molecule is COc1cccc(C(C)NCC2CN(c3ccc(C(O)O)cc3)c3ccccc3O2)c1. The first kappa shape index (κ1) is 21.2. The summed E-state index contributed by atoms with van der Waals surface area (Å²) >= 11 is 0. The number of aliphatic hydroxyl groups is 2. The van der Waals surface area contributed by atoms with Crippen molar-refractivity contribution in [2.75, 3.05) is 25.1 Å². The highest BCUT2D eigenvalue weighted by Crippen LogP contribution is 2.38. The number of hydrogen-bond acceptors (Lipinski definition) is 6. The smallest absolute Gasteiger partial charge is 0.178 e. The molecule has 0 bridgehead atoms. The van der Waals surface area contributed by atoms with Gasteiger partial charge in [-0.3, -0.25) is 0 Å². The maximum atomic E-state index is 9.38. The molecule has 31 heavy (non-hydrogen) atoms. The van der Waals surface area contributed by atoms with Gasteiger partial charge in [0.05, 0.1) is 19.3 Å². The number of aliphatic hydroxyl groups excluding tert-OH is 1. The fraction of sp³-hybridized carbons (Fsp3) is 0.280. The van der Waals surface area contributed by atoms with Crippen LogP contribution in [0.15, 0.2) is 72.8 Å². The summed E-state index contributed by atoms with van der Waals surface area (Å²) in [6.45, 7) is 3.48. The zero-order chi connectivity index (χ0) is 21.8. The summed E-state index contributed by atoms with van der Waals surface area (Å²) in [5.41, 5.74) is 3.60. The van der Waals surface area contributed by atoms with E-state index in [1.165, 1.54) is 0 Å². The Morgan fingerprint density at radius 1 is 1.03 bits per heavy atom. The van der Waals surface area contributed by atoms with Crippen LogP contribution in [0.4, 0.5) is 11.4 Å². The van der Waals surface area contributed by atoms with Crippen molar-refractivity contribution in [2.24, 2.45) is 0 Å². The Morgan fingerprint density at radius 2 is 1.81 bits per heavy atom. The molecule has 0 saturated heterocycles. The fourth-order valence-electron chi connectivity index (χ4n) is 3.81. The first-order chi connectivity index (χ1) is 15.0. The van der Waals surface area contributed by atoms with Crippen LogP contribution < -0.4 is 19.7 Å². The Balaban J connectivity index is 1.49. The van der Waals surface area contributed by atoms with Crippen LogP contribution in [0.2, 0.25) is 0 Å². The van der Waals surface area contributed by atoms with Crippen molar-refractivity contribution in [2.45, 2.75) is 25.4 Å². The molecule has 162 valence electrons. The van der Waals surface area contributed by atoms with Gasteiger partial charge < -0.3 is 29.9 Å². The zero-order valence-corrected chi connectivity index (χ0v) is 17.7. The van der Waals surface area contributed by atoms with Gasteiger partial charge in [-0.2, -0.15) is 0 Å². The van der Waals surface area contributed by atoms with Crippen LogP contribution >= 0.6 is 0 Å². The third-order valence-corrected chi connectivity index (χ3v) is 5.58. The monoisotopic (exact) mass is 420 g/mol. The van der Waals surface area contributed by atoms with E-state index in [9.17, 15) is 10.2 Å². The minimum atomic E-state index is -1.47. The maximum Gasteiger partial charge on any atom is 0.178 e. The van der Waals surface area contributed by atoms with E-state index < -0.39 is 6.29 Å². The summed E-state index contributed by atoms with van der Waals surface area (Å²) in [5.74, 6) is 1.68. The highest BCUT2D eigenvalue weighted by Gasteiger charge is 2.27. The minimum Gasteiger partial charge on any atom is -0.497 e. The van der Waals surface area contributed by atoms with Gasteiger partial charge >= 0.3 is 0 Å². The van der Waals surface area contributed by atoms with Crippen LogP contribution in [0.3, 0.4) is 0 Å². The van der Waals surface area contributed by atoms with E-state index in [0.717, 1.165) is 28.4 Å². The van der Waals surface area contributed by atoms with Gasteiger partial charge in [0.15, 0.2) is 6.29 Å². The molecule has 0 saturated carbocycles. The molecule has 1 aliphatic heterocycles. The van der Waals surface area contributed by atoms with Gasteiger partial charge in [0.1, 0.15) is 17.6 Å². The quantitative estimate of drug-likeness (QED) is 0.503. The number of methoxy groups -OCH3 is 1. The Hall–Kier alpha value is -3.06. The molecular weight excluding hydrogens is 392 g/mol. The number of fused-ring (bicyclic) bond motifs is 1. The average Bonchev–Trinajstić information content (AvgIpc) is 2.82. The number of nitrogens with one attached hydrogen (secondary N) is 1. The molecule has 3 aromatic rings. The van der Waals surface area contributed by atoms with Gasteiger partial charge in [-0.05, 0) is 48.9 Å². The Morgan fingerprint density at radius 3 is 2.55 bits per heavy atom. The van der Waals surface area contributed by atoms with Crippen molar-refractivity contribution in [3.8, 4) is 11.5 Å². The summed E-state index contributed by atoms with van der Waals surface area (Å²) in [4.78, 5) is 2.20. The molecular formula is C25H28N2O4. The normalized spacial score (nSPS) is 16.5. The Labute approximate surface area is 182 Å². The van der Waals surface area contributed by atoms with E-state index in [4.69, 9.17) is 9.47 Å². The molecule has 0 spiro atoms. The van der Waals surface area contributed by atoms with E-state index in [0.29, 0.717) is 18.7 Å². The number of benzene rings is 3. The first-order valence-corrected chi connectivity index (χ1v) is 10.4. The number of anilines is 2. The molecule has 0 fully saturated rings. The molecule has 6 heteroatoms. The average molecular weight is 421 g/mol. The lowest BCUT2D eigenvalue weighted by molar-refractivity contribution is -0.0424. The van der Waals surface area contributed by atoms with Gasteiger partial charge in [-0.25, -0.2) is 0 Å². The number of para-hydroxylation sites is 2. The lowest BCUT2D eigenvalue weighted by Crippen LogP contribution is -2.43. The molecule has 6 nitrogen and oxygen atoms in total. The summed E-state index contributed by atoms with van der Waals surface area (Å²) in [5, 5.41) is 22.3. The Bertz CT molecular complexity index is 1010. The van der Waals surface area contributed by atoms with Crippen LogP contribution in [0.5, 0.6) is 11.5 Å². The van der Waals surface area contributed by atoms with Crippen molar-refractivity contribution < 1.29 is 19.7 Å². The van der Waals surface area contributed by atoms with E-state index in [-0.39, 0.29) is 12.1 Å².